The second kappa shape index (κ2) is 5.10. The van der Waals surface area contributed by atoms with Crippen molar-refractivity contribution in [3.63, 3.8) is 0 Å². The van der Waals surface area contributed by atoms with Gasteiger partial charge in [0.1, 0.15) is 0 Å². The summed E-state index contributed by atoms with van der Waals surface area (Å²) in [4.78, 5) is 0. The molecule has 0 bridgehead atoms. The zero-order chi connectivity index (χ0) is 14.2. The maximum Gasteiger partial charge on any atom is 0.215 e. The van der Waals surface area contributed by atoms with E-state index >= 15 is 0 Å². The number of hydrogen-bond donors (Lipinski definition) is 2. The van der Waals surface area contributed by atoms with E-state index in [-0.39, 0.29) is 16.1 Å². The van der Waals surface area contributed by atoms with Crippen molar-refractivity contribution in [1.29, 1.82) is 0 Å². The summed E-state index contributed by atoms with van der Waals surface area (Å²) >= 11 is 0. The van der Waals surface area contributed by atoms with E-state index in [0.29, 0.717) is 19.0 Å². The highest BCUT2D eigenvalue weighted by Crippen LogP contribution is 2.67. The van der Waals surface area contributed by atoms with Crippen LogP contribution >= 0.6 is 0 Å². The van der Waals surface area contributed by atoms with E-state index in [4.69, 9.17) is 0 Å². The molecular formula is C13H28N2O2S. The van der Waals surface area contributed by atoms with Crippen molar-refractivity contribution >= 4 is 10.0 Å². The molecule has 0 aromatic heterocycles. The van der Waals surface area contributed by atoms with Crippen molar-refractivity contribution in [2.75, 3.05) is 19.6 Å². The van der Waals surface area contributed by atoms with Gasteiger partial charge in [-0.05, 0) is 30.2 Å². The third-order valence-corrected chi connectivity index (χ3v) is 6.81. The first kappa shape index (κ1) is 15.9. The molecule has 0 aromatic rings. The summed E-state index contributed by atoms with van der Waals surface area (Å²) < 4.78 is 26.9. The van der Waals surface area contributed by atoms with Crippen LogP contribution in [-0.2, 0) is 10.0 Å². The summed E-state index contributed by atoms with van der Waals surface area (Å²) in [6.45, 7) is 14.4. The zero-order valence-electron chi connectivity index (χ0n) is 12.5. The minimum Gasteiger partial charge on any atom is -0.316 e. The van der Waals surface area contributed by atoms with Crippen molar-refractivity contribution in [2.24, 2.45) is 16.7 Å². The summed E-state index contributed by atoms with van der Waals surface area (Å²) in [5.41, 5.74) is 0.445. The lowest BCUT2D eigenvalue weighted by Crippen LogP contribution is -2.40. The van der Waals surface area contributed by atoms with Crippen LogP contribution in [0.1, 0.15) is 41.5 Å². The number of hydrogen-bond acceptors (Lipinski definition) is 3. The van der Waals surface area contributed by atoms with Crippen LogP contribution in [0, 0.1) is 16.7 Å². The highest BCUT2D eigenvalue weighted by atomic mass is 32.2. The molecule has 0 saturated heterocycles. The fourth-order valence-electron chi connectivity index (χ4n) is 2.64. The summed E-state index contributed by atoms with van der Waals surface area (Å²) in [5.74, 6) is 0.422. The van der Waals surface area contributed by atoms with Gasteiger partial charge in [0, 0.05) is 13.1 Å². The number of rotatable bonds is 7. The van der Waals surface area contributed by atoms with Crippen LogP contribution in [0.3, 0.4) is 0 Å². The molecule has 1 atom stereocenters. The lowest BCUT2D eigenvalue weighted by molar-refractivity contribution is 0.457. The Hall–Kier alpha value is -0.130. The normalized spacial score (nSPS) is 23.9. The second-order valence-electron chi connectivity index (χ2n) is 6.51. The van der Waals surface area contributed by atoms with Gasteiger partial charge in [0.15, 0.2) is 0 Å². The number of sulfonamides is 1. The van der Waals surface area contributed by atoms with Crippen LogP contribution in [0.25, 0.3) is 0 Å². The van der Waals surface area contributed by atoms with Gasteiger partial charge in [0.25, 0.3) is 0 Å². The van der Waals surface area contributed by atoms with Crippen molar-refractivity contribution < 1.29 is 8.42 Å². The molecule has 0 radical (unpaired) electrons. The van der Waals surface area contributed by atoms with E-state index in [0.717, 1.165) is 6.54 Å². The van der Waals surface area contributed by atoms with Gasteiger partial charge in [-0.1, -0.05) is 34.6 Å². The Balaban J connectivity index is 2.49. The maximum absolute atomic E-state index is 12.0. The van der Waals surface area contributed by atoms with Crippen LogP contribution < -0.4 is 10.0 Å². The first-order chi connectivity index (χ1) is 8.07. The van der Waals surface area contributed by atoms with Crippen molar-refractivity contribution in [1.82, 2.24) is 10.0 Å². The Morgan fingerprint density at radius 2 is 1.67 bits per heavy atom. The van der Waals surface area contributed by atoms with E-state index in [2.05, 4.69) is 37.7 Å². The van der Waals surface area contributed by atoms with E-state index in [1.54, 1.807) is 6.92 Å². The average Bonchev–Trinajstić information content (AvgIpc) is 2.63. The molecule has 0 amide bonds. The molecule has 1 fully saturated rings. The van der Waals surface area contributed by atoms with Gasteiger partial charge in [-0.2, -0.15) is 0 Å². The van der Waals surface area contributed by atoms with Gasteiger partial charge in [-0.25, -0.2) is 13.1 Å². The highest BCUT2D eigenvalue weighted by Gasteiger charge is 2.64. The molecule has 1 aliphatic carbocycles. The molecular weight excluding hydrogens is 248 g/mol. The average molecular weight is 276 g/mol. The van der Waals surface area contributed by atoms with Gasteiger partial charge in [-0.15, -0.1) is 0 Å². The summed E-state index contributed by atoms with van der Waals surface area (Å²) in [5, 5.41) is 2.68. The highest BCUT2D eigenvalue weighted by molar-refractivity contribution is 7.90. The molecule has 0 spiro atoms. The molecule has 0 aliphatic heterocycles. The van der Waals surface area contributed by atoms with Crippen LogP contribution in [0.4, 0.5) is 0 Å². The Morgan fingerprint density at radius 3 is 2.06 bits per heavy atom. The SMILES string of the molecule is CCNCC(C)S(=O)(=O)NCC1C(C)(C)C1(C)C. The zero-order valence-corrected chi connectivity index (χ0v) is 13.3. The molecule has 18 heavy (non-hydrogen) atoms. The molecule has 2 N–H and O–H groups in total. The van der Waals surface area contributed by atoms with Crippen LogP contribution in [0.15, 0.2) is 0 Å². The van der Waals surface area contributed by atoms with Gasteiger partial charge >= 0.3 is 0 Å². The molecule has 0 aromatic carbocycles. The van der Waals surface area contributed by atoms with E-state index in [9.17, 15) is 8.42 Å². The molecule has 1 rings (SSSR count). The molecule has 1 saturated carbocycles. The van der Waals surface area contributed by atoms with E-state index < -0.39 is 10.0 Å². The van der Waals surface area contributed by atoms with Gasteiger partial charge in [0.2, 0.25) is 10.0 Å². The molecule has 0 heterocycles. The van der Waals surface area contributed by atoms with Crippen LogP contribution in [0.2, 0.25) is 0 Å². The third kappa shape index (κ3) is 2.89. The third-order valence-electron chi connectivity index (χ3n) is 5.02. The van der Waals surface area contributed by atoms with Crippen LogP contribution in [-0.4, -0.2) is 33.3 Å². The monoisotopic (exact) mass is 276 g/mol. The van der Waals surface area contributed by atoms with E-state index in [1.807, 2.05) is 6.92 Å². The lowest BCUT2D eigenvalue weighted by Gasteiger charge is -2.14. The van der Waals surface area contributed by atoms with Gasteiger partial charge < -0.3 is 5.32 Å². The smallest absolute Gasteiger partial charge is 0.215 e. The summed E-state index contributed by atoms with van der Waals surface area (Å²) in [7, 11) is -3.20. The predicted molar refractivity (Wildman–Crippen MR) is 76.0 cm³/mol. The maximum atomic E-state index is 12.0. The molecule has 5 heteroatoms. The summed E-state index contributed by atoms with van der Waals surface area (Å²) in [6.07, 6.45) is 0. The minimum absolute atomic E-state index is 0.223. The topological polar surface area (TPSA) is 58.2 Å². The van der Waals surface area contributed by atoms with Gasteiger partial charge in [-0.3, -0.25) is 0 Å². The molecule has 1 unspecified atom stereocenters. The minimum atomic E-state index is -3.20. The van der Waals surface area contributed by atoms with Crippen molar-refractivity contribution in [2.45, 2.75) is 46.8 Å². The van der Waals surface area contributed by atoms with Crippen molar-refractivity contribution in [3.05, 3.63) is 0 Å². The Kier molecular flexibility index (Phi) is 4.51. The lowest BCUT2D eigenvalue weighted by atomic mass is 10.0. The first-order valence-corrected chi connectivity index (χ1v) is 8.31. The van der Waals surface area contributed by atoms with Crippen LogP contribution in [0.5, 0.6) is 0 Å². The van der Waals surface area contributed by atoms with E-state index in [1.165, 1.54) is 0 Å². The first-order valence-electron chi connectivity index (χ1n) is 6.76. The van der Waals surface area contributed by atoms with Gasteiger partial charge in [0.05, 0.1) is 5.25 Å². The molecule has 108 valence electrons. The Morgan fingerprint density at radius 1 is 1.17 bits per heavy atom. The largest absolute Gasteiger partial charge is 0.316 e. The predicted octanol–water partition coefficient (Wildman–Crippen LogP) is 1.59. The second-order valence-corrected chi connectivity index (χ2v) is 8.69. The quantitative estimate of drug-likeness (QED) is 0.742. The standard InChI is InChI=1S/C13H28N2O2S/c1-7-14-8-10(2)18(16,17)15-9-11-12(3,4)13(11,5)6/h10-11,14-15H,7-9H2,1-6H3. The van der Waals surface area contributed by atoms with Crippen molar-refractivity contribution in [3.8, 4) is 0 Å². The fourth-order valence-corrected chi connectivity index (χ4v) is 3.66. The molecule has 4 nitrogen and oxygen atoms in total. The Labute approximate surface area is 112 Å². The summed E-state index contributed by atoms with van der Waals surface area (Å²) in [6, 6.07) is 0. The fraction of sp³-hybridized carbons (Fsp3) is 1.00. The molecule has 1 aliphatic rings. The number of nitrogens with one attached hydrogen (secondary N) is 2. The Bertz CT molecular complexity index is 374.